The molecule has 0 amide bonds. The number of halogens is 1. The van der Waals surface area contributed by atoms with Gasteiger partial charge in [-0.1, -0.05) is 19.1 Å². The van der Waals surface area contributed by atoms with Gasteiger partial charge in [0.25, 0.3) is 0 Å². The van der Waals surface area contributed by atoms with Gasteiger partial charge in [0.05, 0.1) is 5.69 Å². The first-order valence-corrected chi connectivity index (χ1v) is 7.04. The van der Waals surface area contributed by atoms with E-state index in [9.17, 15) is 4.39 Å². The van der Waals surface area contributed by atoms with E-state index in [0.29, 0.717) is 12.6 Å². The zero-order valence-electron chi connectivity index (χ0n) is 12.1. The van der Waals surface area contributed by atoms with E-state index in [0.717, 1.165) is 37.3 Å². The van der Waals surface area contributed by atoms with Crippen molar-refractivity contribution in [2.24, 2.45) is 0 Å². The standard InChI is InChI=1S/C15H24FN3/c1-4-13-11-19(9-8-18(13)3)15-12(10-17-2)6-5-7-14(15)16/h5-7,13,17H,4,8-11H2,1-3H3. The lowest BCUT2D eigenvalue weighted by Crippen LogP contribution is -2.51. The molecule has 1 aromatic carbocycles. The minimum Gasteiger partial charge on any atom is -0.366 e. The number of hydrogen-bond donors (Lipinski definition) is 1. The number of piperazine rings is 1. The highest BCUT2D eigenvalue weighted by molar-refractivity contribution is 5.55. The minimum absolute atomic E-state index is 0.104. The molecule has 1 fully saturated rings. The Morgan fingerprint density at radius 3 is 2.84 bits per heavy atom. The van der Waals surface area contributed by atoms with Gasteiger partial charge in [-0.2, -0.15) is 0 Å². The molecule has 0 spiro atoms. The highest BCUT2D eigenvalue weighted by Gasteiger charge is 2.25. The number of likely N-dealkylation sites (N-methyl/N-ethyl adjacent to an activating group) is 1. The average Bonchev–Trinajstić information content (AvgIpc) is 2.40. The molecular weight excluding hydrogens is 241 g/mol. The van der Waals surface area contributed by atoms with Gasteiger partial charge in [-0.15, -0.1) is 0 Å². The van der Waals surface area contributed by atoms with Crippen molar-refractivity contribution in [3.63, 3.8) is 0 Å². The fourth-order valence-corrected chi connectivity index (χ4v) is 2.84. The van der Waals surface area contributed by atoms with Crippen LogP contribution in [0.25, 0.3) is 0 Å². The molecule has 0 saturated carbocycles. The van der Waals surface area contributed by atoms with Crippen LogP contribution < -0.4 is 10.2 Å². The van der Waals surface area contributed by atoms with Crippen LogP contribution in [0.2, 0.25) is 0 Å². The van der Waals surface area contributed by atoms with Gasteiger partial charge in [-0.25, -0.2) is 4.39 Å². The molecule has 2 rings (SSSR count). The fourth-order valence-electron chi connectivity index (χ4n) is 2.84. The second-order valence-corrected chi connectivity index (χ2v) is 5.27. The van der Waals surface area contributed by atoms with Crippen LogP contribution in [-0.4, -0.2) is 44.7 Å². The first-order valence-electron chi connectivity index (χ1n) is 7.04. The summed E-state index contributed by atoms with van der Waals surface area (Å²) in [5, 5.41) is 3.12. The molecular formula is C15H24FN3. The highest BCUT2D eigenvalue weighted by Crippen LogP contribution is 2.27. The van der Waals surface area contributed by atoms with Gasteiger partial charge in [0.1, 0.15) is 5.82 Å². The molecule has 0 aromatic heterocycles. The van der Waals surface area contributed by atoms with Crippen molar-refractivity contribution in [1.82, 2.24) is 10.2 Å². The predicted molar refractivity (Wildman–Crippen MR) is 78.1 cm³/mol. The summed E-state index contributed by atoms with van der Waals surface area (Å²) in [4.78, 5) is 4.57. The molecule has 1 saturated heterocycles. The lowest BCUT2D eigenvalue weighted by Gasteiger charge is -2.41. The Balaban J connectivity index is 2.26. The van der Waals surface area contributed by atoms with Crippen molar-refractivity contribution in [3.05, 3.63) is 29.6 Å². The smallest absolute Gasteiger partial charge is 0.146 e. The van der Waals surface area contributed by atoms with Gasteiger partial charge >= 0.3 is 0 Å². The van der Waals surface area contributed by atoms with E-state index in [1.165, 1.54) is 0 Å². The molecule has 1 aliphatic rings. The summed E-state index contributed by atoms with van der Waals surface area (Å²) in [6.07, 6.45) is 1.10. The van der Waals surface area contributed by atoms with Crippen LogP contribution in [0, 0.1) is 5.82 Å². The van der Waals surface area contributed by atoms with Gasteiger partial charge in [-0.05, 0) is 32.1 Å². The Hall–Kier alpha value is -1.13. The maximum Gasteiger partial charge on any atom is 0.146 e. The number of nitrogens with one attached hydrogen (secondary N) is 1. The molecule has 1 heterocycles. The van der Waals surface area contributed by atoms with E-state index in [2.05, 4.69) is 29.1 Å². The molecule has 19 heavy (non-hydrogen) atoms. The number of benzene rings is 1. The summed E-state index contributed by atoms with van der Waals surface area (Å²) in [6, 6.07) is 5.87. The van der Waals surface area contributed by atoms with Crippen LogP contribution in [0.5, 0.6) is 0 Å². The number of hydrogen-bond acceptors (Lipinski definition) is 3. The maximum atomic E-state index is 14.2. The fraction of sp³-hybridized carbons (Fsp3) is 0.600. The van der Waals surface area contributed by atoms with Crippen molar-refractivity contribution >= 4 is 5.69 Å². The first kappa shape index (κ1) is 14.3. The predicted octanol–water partition coefficient (Wildman–Crippen LogP) is 2.08. The van der Waals surface area contributed by atoms with Gasteiger partial charge in [-0.3, -0.25) is 4.90 Å². The molecule has 0 aliphatic carbocycles. The van der Waals surface area contributed by atoms with Gasteiger partial charge in [0.2, 0.25) is 0 Å². The molecule has 106 valence electrons. The number of nitrogens with zero attached hydrogens (tertiary/aromatic N) is 2. The van der Waals surface area contributed by atoms with Crippen LogP contribution in [-0.2, 0) is 6.54 Å². The SMILES string of the molecule is CCC1CN(c2c(F)cccc2CNC)CCN1C. The largest absolute Gasteiger partial charge is 0.366 e. The second-order valence-electron chi connectivity index (χ2n) is 5.27. The molecule has 0 radical (unpaired) electrons. The average molecular weight is 265 g/mol. The molecule has 1 aliphatic heterocycles. The third-order valence-corrected chi connectivity index (χ3v) is 4.00. The van der Waals surface area contributed by atoms with Crippen molar-refractivity contribution in [2.75, 3.05) is 38.6 Å². The molecule has 0 bridgehead atoms. The minimum atomic E-state index is -0.104. The van der Waals surface area contributed by atoms with Crippen LogP contribution in [0.4, 0.5) is 10.1 Å². The summed E-state index contributed by atoms with van der Waals surface area (Å²) < 4.78 is 14.2. The van der Waals surface area contributed by atoms with Crippen LogP contribution in [0.1, 0.15) is 18.9 Å². The summed E-state index contributed by atoms with van der Waals surface area (Å²) in [5.74, 6) is -0.104. The third kappa shape index (κ3) is 3.07. The van der Waals surface area contributed by atoms with Gasteiger partial charge in [0.15, 0.2) is 0 Å². The van der Waals surface area contributed by atoms with E-state index in [1.54, 1.807) is 12.1 Å². The monoisotopic (exact) mass is 265 g/mol. The van der Waals surface area contributed by atoms with E-state index >= 15 is 0 Å². The Kier molecular flexibility index (Phi) is 4.77. The summed E-state index contributed by atoms with van der Waals surface area (Å²) >= 11 is 0. The summed E-state index contributed by atoms with van der Waals surface area (Å²) in [5.41, 5.74) is 1.82. The number of para-hydroxylation sites is 1. The summed E-state index contributed by atoms with van der Waals surface area (Å²) in [7, 11) is 4.05. The molecule has 4 heteroatoms. The molecule has 1 atom stereocenters. The van der Waals surface area contributed by atoms with Crippen molar-refractivity contribution in [1.29, 1.82) is 0 Å². The van der Waals surface area contributed by atoms with Crippen molar-refractivity contribution in [2.45, 2.75) is 25.9 Å². The zero-order chi connectivity index (χ0) is 13.8. The maximum absolute atomic E-state index is 14.2. The lowest BCUT2D eigenvalue weighted by molar-refractivity contribution is 0.212. The molecule has 1 unspecified atom stereocenters. The number of rotatable bonds is 4. The normalized spacial score (nSPS) is 20.8. The number of anilines is 1. The Labute approximate surface area is 115 Å². The quantitative estimate of drug-likeness (QED) is 0.899. The van der Waals surface area contributed by atoms with Gasteiger partial charge in [0, 0.05) is 32.2 Å². The molecule has 1 N–H and O–H groups in total. The molecule has 1 aromatic rings. The van der Waals surface area contributed by atoms with Crippen LogP contribution in [0.3, 0.4) is 0 Å². The Morgan fingerprint density at radius 2 is 2.16 bits per heavy atom. The zero-order valence-corrected chi connectivity index (χ0v) is 12.1. The highest BCUT2D eigenvalue weighted by atomic mass is 19.1. The summed E-state index contributed by atoms with van der Waals surface area (Å²) in [6.45, 7) is 5.69. The first-order chi connectivity index (χ1) is 9.17. The van der Waals surface area contributed by atoms with Crippen LogP contribution in [0.15, 0.2) is 18.2 Å². The van der Waals surface area contributed by atoms with Crippen molar-refractivity contribution < 1.29 is 4.39 Å². The Bertz CT molecular complexity index is 422. The Morgan fingerprint density at radius 1 is 1.37 bits per heavy atom. The van der Waals surface area contributed by atoms with E-state index in [1.807, 2.05) is 13.1 Å². The van der Waals surface area contributed by atoms with E-state index < -0.39 is 0 Å². The molecule has 3 nitrogen and oxygen atoms in total. The third-order valence-electron chi connectivity index (χ3n) is 4.00. The van der Waals surface area contributed by atoms with Crippen molar-refractivity contribution in [3.8, 4) is 0 Å². The van der Waals surface area contributed by atoms with E-state index in [-0.39, 0.29) is 5.82 Å². The van der Waals surface area contributed by atoms with E-state index in [4.69, 9.17) is 0 Å². The second kappa shape index (κ2) is 6.35. The van der Waals surface area contributed by atoms with Gasteiger partial charge < -0.3 is 10.2 Å². The topological polar surface area (TPSA) is 18.5 Å². The lowest BCUT2D eigenvalue weighted by atomic mass is 10.1. The van der Waals surface area contributed by atoms with Crippen LogP contribution >= 0.6 is 0 Å².